The predicted molar refractivity (Wildman–Crippen MR) is 83.3 cm³/mol. The minimum absolute atomic E-state index is 0.0161. The monoisotopic (exact) mass is 299 g/mol. The van der Waals surface area contributed by atoms with Gasteiger partial charge in [-0.15, -0.1) is 0 Å². The summed E-state index contributed by atoms with van der Waals surface area (Å²) in [4.78, 5) is 16.7. The van der Waals surface area contributed by atoms with Crippen LogP contribution in [0.3, 0.4) is 0 Å². The molecule has 0 bridgehead atoms. The Bertz CT molecular complexity index is 665. The number of rotatable bonds is 4. The average Bonchev–Trinajstić information content (AvgIpc) is 3.10. The molecule has 5 heteroatoms. The summed E-state index contributed by atoms with van der Waals surface area (Å²) in [7, 11) is 1.94. The molecule has 0 aliphatic carbocycles. The molecule has 22 heavy (non-hydrogen) atoms. The highest BCUT2D eigenvalue weighted by Crippen LogP contribution is 2.27. The van der Waals surface area contributed by atoms with Gasteiger partial charge >= 0.3 is 0 Å². The first-order chi connectivity index (χ1) is 10.6. The Hall–Kier alpha value is -2.14. The van der Waals surface area contributed by atoms with Gasteiger partial charge in [-0.1, -0.05) is 24.3 Å². The number of amides is 1. The quantitative estimate of drug-likeness (QED) is 0.938. The van der Waals surface area contributed by atoms with Crippen molar-refractivity contribution in [3.63, 3.8) is 0 Å². The van der Waals surface area contributed by atoms with Gasteiger partial charge in [0.2, 0.25) is 5.91 Å². The van der Waals surface area contributed by atoms with Crippen molar-refractivity contribution in [1.29, 1.82) is 0 Å². The Labute approximate surface area is 130 Å². The van der Waals surface area contributed by atoms with Gasteiger partial charge in [0.1, 0.15) is 11.9 Å². The predicted octanol–water partition coefficient (Wildman–Crippen LogP) is 1.92. The number of aromatic nitrogens is 2. The summed E-state index contributed by atoms with van der Waals surface area (Å²) >= 11 is 0. The molecule has 1 amide bonds. The van der Waals surface area contributed by atoms with E-state index in [9.17, 15) is 4.79 Å². The minimum atomic E-state index is -0.166. The number of benzene rings is 1. The first kappa shape index (κ1) is 14.8. The molecule has 2 aromatic rings. The Morgan fingerprint density at radius 1 is 1.45 bits per heavy atom. The van der Waals surface area contributed by atoms with E-state index in [-0.39, 0.29) is 18.1 Å². The lowest BCUT2D eigenvalue weighted by atomic mass is 10.0. The Morgan fingerprint density at radius 3 is 3.00 bits per heavy atom. The molecular weight excluding hydrogens is 278 g/mol. The lowest BCUT2D eigenvalue weighted by Gasteiger charge is -2.20. The largest absolute Gasteiger partial charge is 0.368 e. The fourth-order valence-electron chi connectivity index (χ4n) is 2.88. The molecule has 0 radical (unpaired) electrons. The van der Waals surface area contributed by atoms with Crippen LogP contribution in [0.1, 0.15) is 29.5 Å². The lowest BCUT2D eigenvalue weighted by Crippen LogP contribution is -2.38. The number of imidazole rings is 1. The molecule has 0 spiro atoms. The molecule has 5 nitrogen and oxygen atoms in total. The van der Waals surface area contributed by atoms with Crippen LogP contribution in [0, 0.1) is 6.92 Å². The maximum atomic E-state index is 12.3. The summed E-state index contributed by atoms with van der Waals surface area (Å²) in [5, 5.41) is 3.10. The molecule has 1 saturated heterocycles. The van der Waals surface area contributed by atoms with Crippen LogP contribution in [0.4, 0.5) is 0 Å². The second-order valence-corrected chi connectivity index (χ2v) is 5.75. The summed E-state index contributed by atoms with van der Waals surface area (Å²) in [6.45, 7) is 2.67. The highest BCUT2D eigenvalue weighted by atomic mass is 16.5. The molecule has 1 aromatic carbocycles. The number of aryl methyl sites for hydroxylation is 2. The van der Waals surface area contributed by atoms with E-state index in [1.54, 1.807) is 6.20 Å². The SMILES string of the molecule is Cc1ccccc1CC(=O)N[C@H]1CCO[C@@H]1c1nccn1C. The number of nitrogens with zero attached hydrogens (tertiary/aromatic N) is 2. The molecule has 1 N–H and O–H groups in total. The number of hydrogen-bond acceptors (Lipinski definition) is 3. The van der Waals surface area contributed by atoms with Crippen molar-refractivity contribution in [2.45, 2.75) is 31.9 Å². The fraction of sp³-hybridized carbons (Fsp3) is 0.412. The summed E-state index contributed by atoms with van der Waals surface area (Å²) in [6, 6.07) is 7.95. The van der Waals surface area contributed by atoms with E-state index in [2.05, 4.69) is 10.3 Å². The van der Waals surface area contributed by atoms with Crippen LogP contribution in [0.2, 0.25) is 0 Å². The van der Waals surface area contributed by atoms with Crippen LogP contribution in [0.25, 0.3) is 0 Å². The molecule has 1 aliphatic rings. The van der Waals surface area contributed by atoms with Crippen molar-refractivity contribution in [3.8, 4) is 0 Å². The van der Waals surface area contributed by atoms with Crippen LogP contribution in [0.15, 0.2) is 36.7 Å². The second-order valence-electron chi connectivity index (χ2n) is 5.75. The van der Waals surface area contributed by atoms with Gasteiger partial charge in [0, 0.05) is 26.0 Å². The summed E-state index contributed by atoms with van der Waals surface area (Å²) < 4.78 is 7.71. The third-order valence-corrected chi connectivity index (χ3v) is 4.16. The molecule has 1 aliphatic heterocycles. The third kappa shape index (κ3) is 3.04. The van der Waals surface area contributed by atoms with Gasteiger partial charge in [-0.2, -0.15) is 0 Å². The first-order valence-corrected chi connectivity index (χ1v) is 7.58. The Balaban J connectivity index is 1.66. The van der Waals surface area contributed by atoms with E-state index in [0.29, 0.717) is 13.0 Å². The second kappa shape index (κ2) is 6.32. The Morgan fingerprint density at radius 2 is 2.27 bits per heavy atom. The van der Waals surface area contributed by atoms with Crippen molar-refractivity contribution in [1.82, 2.24) is 14.9 Å². The van der Waals surface area contributed by atoms with Crippen LogP contribution in [-0.4, -0.2) is 28.1 Å². The zero-order valence-electron chi connectivity index (χ0n) is 13.0. The normalized spacial score (nSPS) is 21.0. The highest BCUT2D eigenvalue weighted by Gasteiger charge is 2.33. The maximum absolute atomic E-state index is 12.3. The van der Waals surface area contributed by atoms with E-state index in [4.69, 9.17) is 4.74 Å². The molecule has 0 saturated carbocycles. The maximum Gasteiger partial charge on any atom is 0.224 e. The number of ether oxygens (including phenoxy) is 1. The van der Waals surface area contributed by atoms with Crippen LogP contribution >= 0.6 is 0 Å². The Kier molecular flexibility index (Phi) is 4.24. The van der Waals surface area contributed by atoms with Crippen LogP contribution < -0.4 is 5.32 Å². The third-order valence-electron chi connectivity index (χ3n) is 4.16. The van der Waals surface area contributed by atoms with Gasteiger partial charge < -0.3 is 14.6 Å². The number of nitrogens with one attached hydrogen (secondary N) is 1. The molecular formula is C17H21N3O2. The molecule has 116 valence electrons. The van der Waals surface area contributed by atoms with Crippen molar-refractivity contribution in [2.24, 2.45) is 7.05 Å². The van der Waals surface area contributed by atoms with Gasteiger partial charge in [-0.05, 0) is 24.5 Å². The van der Waals surface area contributed by atoms with Crippen LogP contribution in [-0.2, 0) is 23.0 Å². The van der Waals surface area contributed by atoms with Gasteiger partial charge in [0.25, 0.3) is 0 Å². The van der Waals surface area contributed by atoms with Gasteiger partial charge in [-0.3, -0.25) is 4.79 Å². The zero-order chi connectivity index (χ0) is 15.5. The number of hydrogen-bond donors (Lipinski definition) is 1. The smallest absolute Gasteiger partial charge is 0.224 e. The average molecular weight is 299 g/mol. The molecule has 2 atom stereocenters. The van der Waals surface area contributed by atoms with Crippen molar-refractivity contribution in [3.05, 3.63) is 53.6 Å². The van der Waals surface area contributed by atoms with Crippen LogP contribution in [0.5, 0.6) is 0 Å². The van der Waals surface area contributed by atoms with E-state index in [0.717, 1.165) is 23.4 Å². The minimum Gasteiger partial charge on any atom is -0.368 e. The molecule has 1 aromatic heterocycles. The van der Waals surface area contributed by atoms with E-state index in [1.807, 2.05) is 49.0 Å². The van der Waals surface area contributed by atoms with Crippen molar-refractivity contribution in [2.75, 3.05) is 6.61 Å². The van der Waals surface area contributed by atoms with E-state index >= 15 is 0 Å². The topological polar surface area (TPSA) is 56.1 Å². The summed E-state index contributed by atoms with van der Waals surface area (Å²) in [5.74, 6) is 0.891. The van der Waals surface area contributed by atoms with Gasteiger partial charge in [0.15, 0.2) is 0 Å². The molecule has 1 fully saturated rings. The van der Waals surface area contributed by atoms with Crippen molar-refractivity contribution >= 4 is 5.91 Å². The van der Waals surface area contributed by atoms with E-state index in [1.165, 1.54) is 0 Å². The zero-order valence-corrected chi connectivity index (χ0v) is 13.0. The molecule has 0 unspecified atom stereocenters. The number of carbonyl (C=O) groups is 1. The van der Waals surface area contributed by atoms with Crippen molar-refractivity contribution < 1.29 is 9.53 Å². The number of carbonyl (C=O) groups excluding carboxylic acids is 1. The lowest BCUT2D eigenvalue weighted by molar-refractivity contribution is -0.121. The standard InChI is InChI=1S/C17H21N3O2/c1-12-5-3-4-6-13(12)11-15(21)19-14-7-10-22-16(14)17-18-8-9-20(17)2/h3-6,8-9,14,16H,7,10-11H2,1-2H3,(H,19,21)/t14-,16-/m0/s1. The summed E-state index contributed by atoms with van der Waals surface area (Å²) in [6.07, 6.45) is 4.70. The van der Waals surface area contributed by atoms with Gasteiger partial charge in [-0.25, -0.2) is 4.98 Å². The van der Waals surface area contributed by atoms with E-state index < -0.39 is 0 Å². The summed E-state index contributed by atoms with van der Waals surface area (Å²) in [5.41, 5.74) is 2.20. The fourth-order valence-corrected chi connectivity index (χ4v) is 2.88. The first-order valence-electron chi connectivity index (χ1n) is 7.58. The highest BCUT2D eigenvalue weighted by molar-refractivity contribution is 5.79. The molecule has 2 heterocycles. The van der Waals surface area contributed by atoms with Gasteiger partial charge in [0.05, 0.1) is 12.5 Å². The molecule has 3 rings (SSSR count).